The molecule has 0 bridgehead atoms. The lowest BCUT2D eigenvalue weighted by Crippen LogP contribution is -2.48. The maximum Gasteiger partial charge on any atom is 0.254 e. The maximum atomic E-state index is 14.0. The van der Waals surface area contributed by atoms with Crippen LogP contribution >= 0.6 is 0 Å². The van der Waals surface area contributed by atoms with Crippen molar-refractivity contribution in [2.45, 2.75) is 65.1 Å². The normalized spacial score (nSPS) is 13.9. The molecule has 7 heteroatoms. The molecule has 6 nitrogen and oxygen atoms in total. The third-order valence-corrected chi connectivity index (χ3v) is 7.39. The summed E-state index contributed by atoms with van der Waals surface area (Å²) in [5.41, 5.74) is 2.56. The van der Waals surface area contributed by atoms with Gasteiger partial charge in [0, 0.05) is 36.6 Å². The highest BCUT2D eigenvalue weighted by Crippen LogP contribution is 2.25. The highest BCUT2D eigenvalue weighted by molar-refractivity contribution is 5.96. The first-order chi connectivity index (χ1) is 18.8. The van der Waals surface area contributed by atoms with Crippen LogP contribution in [0.5, 0.6) is 5.75 Å². The minimum Gasteiger partial charge on any atom is -0.497 e. The van der Waals surface area contributed by atoms with Crippen LogP contribution in [0.3, 0.4) is 0 Å². The average Bonchev–Trinajstić information content (AvgIpc) is 3.38. The van der Waals surface area contributed by atoms with Crippen LogP contribution in [0.15, 0.2) is 66.9 Å². The van der Waals surface area contributed by atoms with Crippen molar-refractivity contribution in [2.75, 3.05) is 20.2 Å². The topological polar surface area (TPSA) is 54.8 Å². The maximum absolute atomic E-state index is 14.0. The largest absolute Gasteiger partial charge is 0.497 e. The van der Waals surface area contributed by atoms with E-state index in [9.17, 15) is 14.0 Å². The number of rotatable bonds is 11. The van der Waals surface area contributed by atoms with E-state index in [2.05, 4.69) is 18.4 Å². The van der Waals surface area contributed by atoms with E-state index in [4.69, 9.17) is 4.74 Å². The van der Waals surface area contributed by atoms with Crippen molar-refractivity contribution in [3.63, 3.8) is 0 Å². The van der Waals surface area contributed by atoms with Gasteiger partial charge in [-0.05, 0) is 72.9 Å². The second-order valence-electron chi connectivity index (χ2n) is 10.9. The first kappa shape index (κ1) is 28.4. The average molecular weight is 534 g/mol. The highest BCUT2D eigenvalue weighted by Gasteiger charge is 2.29. The molecular weight excluding hydrogens is 493 g/mol. The summed E-state index contributed by atoms with van der Waals surface area (Å²) < 4.78 is 20.8. The summed E-state index contributed by atoms with van der Waals surface area (Å²) in [6.07, 6.45) is 7.34. The van der Waals surface area contributed by atoms with E-state index < -0.39 is 0 Å². The fourth-order valence-corrected chi connectivity index (χ4v) is 5.35. The zero-order valence-corrected chi connectivity index (χ0v) is 23.3. The molecule has 2 aromatic carbocycles. The fraction of sp³-hybridized carbons (Fsp3) is 0.438. The van der Waals surface area contributed by atoms with Crippen molar-refractivity contribution in [2.24, 2.45) is 5.92 Å². The molecule has 1 aromatic heterocycles. The molecule has 0 aliphatic heterocycles. The van der Waals surface area contributed by atoms with Crippen LogP contribution in [-0.4, -0.2) is 52.4 Å². The number of amides is 2. The third kappa shape index (κ3) is 7.71. The fourth-order valence-electron chi connectivity index (χ4n) is 5.35. The van der Waals surface area contributed by atoms with E-state index >= 15 is 0 Å². The van der Waals surface area contributed by atoms with Crippen molar-refractivity contribution in [3.8, 4) is 5.75 Å². The number of carbonyl (C=O) groups excluding carboxylic acids is 2. The van der Waals surface area contributed by atoms with Gasteiger partial charge in [0.1, 0.15) is 18.1 Å². The Balaban J connectivity index is 1.54. The number of hydrogen-bond donors (Lipinski definition) is 0. The summed E-state index contributed by atoms with van der Waals surface area (Å²) in [4.78, 5) is 31.1. The predicted molar refractivity (Wildman–Crippen MR) is 151 cm³/mol. The summed E-state index contributed by atoms with van der Waals surface area (Å²) in [6, 6.07) is 17.7. The molecule has 0 saturated heterocycles. The van der Waals surface area contributed by atoms with Crippen molar-refractivity contribution in [1.29, 1.82) is 0 Å². The number of methoxy groups -OCH3 is 1. The molecule has 0 N–H and O–H groups in total. The molecule has 2 amide bonds. The van der Waals surface area contributed by atoms with Crippen LogP contribution in [0.2, 0.25) is 0 Å². The lowest BCUT2D eigenvalue weighted by Gasteiger charge is -2.36. The molecule has 39 heavy (non-hydrogen) atoms. The molecule has 1 aliphatic carbocycles. The van der Waals surface area contributed by atoms with E-state index in [0.29, 0.717) is 30.9 Å². The third-order valence-electron chi connectivity index (χ3n) is 7.39. The zero-order valence-electron chi connectivity index (χ0n) is 23.3. The first-order valence-corrected chi connectivity index (χ1v) is 13.9. The zero-order chi connectivity index (χ0) is 27.8. The van der Waals surface area contributed by atoms with Gasteiger partial charge in [0.2, 0.25) is 5.91 Å². The van der Waals surface area contributed by atoms with Gasteiger partial charge in [0.25, 0.3) is 5.91 Å². The lowest BCUT2D eigenvalue weighted by atomic mass is 9.94. The molecular formula is C32H40FN3O3. The van der Waals surface area contributed by atoms with Crippen LogP contribution in [0, 0.1) is 11.7 Å². The van der Waals surface area contributed by atoms with Gasteiger partial charge in [-0.1, -0.05) is 45.2 Å². The molecule has 0 radical (unpaired) electrons. The van der Waals surface area contributed by atoms with Crippen LogP contribution < -0.4 is 4.74 Å². The van der Waals surface area contributed by atoms with Crippen LogP contribution in [-0.2, 0) is 17.9 Å². The Morgan fingerprint density at radius 1 is 1.00 bits per heavy atom. The van der Waals surface area contributed by atoms with Gasteiger partial charge in [0.05, 0.1) is 13.7 Å². The molecule has 1 fully saturated rings. The number of hydrogen-bond acceptors (Lipinski definition) is 3. The Morgan fingerprint density at radius 2 is 1.69 bits per heavy atom. The number of aromatic nitrogens is 1. The summed E-state index contributed by atoms with van der Waals surface area (Å²) in [7, 11) is 1.59. The van der Waals surface area contributed by atoms with Crippen LogP contribution in [0.4, 0.5) is 4.39 Å². The van der Waals surface area contributed by atoms with Gasteiger partial charge >= 0.3 is 0 Å². The molecule has 1 saturated carbocycles. The molecule has 3 aromatic rings. The second-order valence-corrected chi connectivity index (χ2v) is 10.9. The molecule has 1 heterocycles. The van der Waals surface area contributed by atoms with Gasteiger partial charge < -0.3 is 19.1 Å². The molecule has 4 rings (SSSR count). The highest BCUT2D eigenvalue weighted by atomic mass is 19.1. The summed E-state index contributed by atoms with van der Waals surface area (Å²) in [5, 5.41) is 0. The van der Waals surface area contributed by atoms with E-state index in [-0.39, 0.29) is 36.1 Å². The van der Waals surface area contributed by atoms with Crippen molar-refractivity contribution >= 4 is 11.8 Å². The number of ether oxygens (including phenoxy) is 1. The monoisotopic (exact) mass is 533 g/mol. The Hall–Kier alpha value is -3.61. The van der Waals surface area contributed by atoms with Gasteiger partial charge in [0.15, 0.2) is 0 Å². The minimum atomic E-state index is -0.254. The lowest BCUT2D eigenvalue weighted by molar-refractivity contribution is -0.135. The smallest absolute Gasteiger partial charge is 0.254 e. The molecule has 0 spiro atoms. The van der Waals surface area contributed by atoms with Crippen molar-refractivity contribution < 1.29 is 18.7 Å². The first-order valence-electron chi connectivity index (χ1n) is 13.9. The Labute approximate surface area is 231 Å². The summed E-state index contributed by atoms with van der Waals surface area (Å²) in [5.74, 6) is 0.471. The van der Waals surface area contributed by atoms with Crippen LogP contribution in [0.1, 0.15) is 67.6 Å². The van der Waals surface area contributed by atoms with Gasteiger partial charge in [-0.15, -0.1) is 0 Å². The number of halogens is 1. The molecule has 0 atom stereocenters. The Morgan fingerprint density at radius 3 is 2.33 bits per heavy atom. The van der Waals surface area contributed by atoms with E-state index in [1.807, 2.05) is 23.2 Å². The van der Waals surface area contributed by atoms with E-state index in [1.165, 1.54) is 18.6 Å². The quantitative estimate of drug-likeness (QED) is 0.297. The minimum absolute atomic E-state index is 0.0288. The molecule has 1 aliphatic rings. The molecule has 0 unspecified atom stereocenters. The van der Waals surface area contributed by atoms with Crippen molar-refractivity contribution in [1.82, 2.24) is 14.4 Å². The number of nitrogens with zero attached hydrogens (tertiary/aromatic N) is 3. The summed E-state index contributed by atoms with van der Waals surface area (Å²) in [6.45, 7) is 5.73. The van der Waals surface area contributed by atoms with Crippen LogP contribution in [0.25, 0.3) is 0 Å². The standard InChI is InChI=1S/C32H40FN3O3/c1-24(2)20-35(32(38)26-13-17-30(39-3)18-14-26)23-31(37)36(28-8-5-4-6-9-28)22-29-10-7-19-34(29)21-25-11-15-27(33)16-12-25/h7,10-19,24,28H,4-6,8-9,20-23H2,1-3H3. The van der Waals surface area contributed by atoms with E-state index in [0.717, 1.165) is 36.9 Å². The Kier molecular flexibility index (Phi) is 9.79. The number of carbonyl (C=O) groups is 2. The molecule has 208 valence electrons. The second kappa shape index (κ2) is 13.5. The van der Waals surface area contributed by atoms with Gasteiger partial charge in [-0.2, -0.15) is 0 Å². The number of benzene rings is 2. The van der Waals surface area contributed by atoms with Crippen molar-refractivity contribution in [3.05, 3.63) is 89.5 Å². The SMILES string of the molecule is COc1ccc(C(=O)N(CC(=O)N(Cc2cccn2Cc2ccc(F)cc2)C2CCCCC2)CC(C)C)cc1. The predicted octanol–water partition coefficient (Wildman–Crippen LogP) is 6.14. The van der Waals surface area contributed by atoms with E-state index in [1.54, 1.807) is 48.4 Å². The Bertz CT molecular complexity index is 1210. The summed E-state index contributed by atoms with van der Waals surface area (Å²) >= 11 is 0. The van der Waals surface area contributed by atoms with Gasteiger partial charge in [-0.3, -0.25) is 9.59 Å². The van der Waals surface area contributed by atoms with Gasteiger partial charge in [-0.25, -0.2) is 4.39 Å².